The molecule has 2 aromatic heterocycles. The lowest BCUT2D eigenvalue weighted by atomic mass is 10.1. The summed E-state index contributed by atoms with van der Waals surface area (Å²) in [6, 6.07) is 12.3. The number of aromatic nitrogens is 3. The van der Waals surface area contributed by atoms with Gasteiger partial charge in [-0.3, -0.25) is 0 Å². The van der Waals surface area contributed by atoms with E-state index in [0.29, 0.717) is 28.1 Å². The van der Waals surface area contributed by atoms with Gasteiger partial charge < -0.3 is 4.52 Å². The van der Waals surface area contributed by atoms with E-state index in [1.807, 2.05) is 32.0 Å². The number of benzene rings is 1. The Bertz CT molecular complexity index is 926. The Balaban J connectivity index is 1.75. The number of aryl methyl sites for hydroxylation is 3. The van der Waals surface area contributed by atoms with Crippen molar-refractivity contribution < 1.29 is 4.52 Å². The van der Waals surface area contributed by atoms with Crippen molar-refractivity contribution in [1.82, 2.24) is 15.1 Å². The molecule has 25 heavy (non-hydrogen) atoms. The molecule has 0 fully saturated rings. The van der Waals surface area contributed by atoms with Crippen LogP contribution in [0.5, 0.6) is 0 Å². The molecule has 2 heterocycles. The van der Waals surface area contributed by atoms with Crippen LogP contribution < -0.4 is 0 Å². The van der Waals surface area contributed by atoms with Gasteiger partial charge in [0, 0.05) is 11.3 Å². The Hall–Kier alpha value is -2.65. The quantitative estimate of drug-likeness (QED) is 0.632. The molecule has 0 saturated carbocycles. The van der Waals surface area contributed by atoms with Gasteiger partial charge in [0.2, 0.25) is 11.7 Å². The summed E-state index contributed by atoms with van der Waals surface area (Å²) in [5.74, 6) is 1.57. The Kier molecular flexibility index (Phi) is 5.15. The predicted octanol–water partition coefficient (Wildman–Crippen LogP) is 4.47. The molecular formula is C19H18N4OS. The SMILES string of the molecule is CCc1ccc(-c2noc(CSc3nc(C)cc(C)c3C#N)n2)cc1. The summed E-state index contributed by atoms with van der Waals surface area (Å²) in [5, 5.41) is 14.1. The highest BCUT2D eigenvalue weighted by Gasteiger charge is 2.13. The van der Waals surface area contributed by atoms with E-state index in [4.69, 9.17) is 4.52 Å². The lowest BCUT2D eigenvalue weighted by molar-refractivity contribution is 0.391. The first-order chi connectivity index (χ1) is 12.1. The van der Waals surface area contributed by atoms with Crippen molar-refractivity contribution in [3.05, 3.63) is 58.6 Å². The summed E-state index contributed by atoms with van der Waals surface area (Å²) in [6.07, 6.45) is 0.999. The first-order valence-corrected chi connectivity index (χ1v) is 9.02. The standard InChI is InChI=1S/C19H18N4OS/c1-4-14-5-7-15(8-6-14)18-22-17(24-23-18)11-25-19-16(10-20)12(2)9-13(3)21-19/h5-9H,4,11H2,1-3H3. The van der Waals surface area contributed by atoms with Crippen LogP contribution in [-0.4, -0.2) is 15.1 Å². The molecule has 0 aliphatic carbocycles. The number of hydrogen-bond acceptors (Lipinski definition) is 6. The lowest BCUT2D eigenvalue weighted by Gasteiger charge is -2.05. The molecule has 3 rings (SSSR count). The minimum Gasteiger partial charge on any atom is -0.338 e. The van der Waals surface area contributed by atoms with Gasteiger partial charge >= 0.3 is 0 Å². The lowest BCUT2D eigenvalue weighted by Crippen LogP contribution is -1.94. The Morgan fingerprint density at radius 1 is 1.16 bits per heavy atom. The van der Waals surface area contributed by atoms with E-state index >= 15 is 0 Å². The maximum absolute atomic E-state index is 9.33. The van der Waals surface area contributed by atoms with Crippen molar-refractivity contribution >= 4 is 11.8 Å². The third-order valence-electron chi connectivity index (χ3n) is 3.84. The maximum Gasteiger partial charge on any atom is 0.237 e. The van der Waals surface area contributed by atoms with E-state index in [0.717, 1.165) is 23.2 Å². The number of hydrogen-bond donors (Lipinski definition) is 0. The second-order valence-corrected chi connectivity index (χ2v) is 6.69. The van der Waals surface area contributed by atoms with E-state index in [-0.39, 0.29) is 0 Å². The first-order valence-electron chi connectivity index (χ1n) is 8.03. The smallest absolute Gasteiger partial charge is 0.237 e. The molecule has 0 radical (unpaired) electrons. The largest absolute Gasteiger partial charge is 0.338 e. The van der Waals surface area contributed by atoms with Crippen LogP contribution in [0.15, 0.2) is 39.9 Å². The third kappa shape index (κ3) is 3.89. The van der Waals surface area contributed by atoms with Gasteiger partial charge in [-0.15, -0.1) is 0 Å². The molecule has 0 saturated heterocycles. The first kappa shape index (κ1) is 17.2. The minimum atomic E-state index is 0.477. The van der Waals surface area contributed by atoms with E-state index < -0.39 is 0 Å². The Morgan fingerprint density at radius 3 is 2.60 bits per heavy atom. The van der Waals surface area contributed by atoms with Crippen molar-refractivity contribution in [3.8, 4) is 17.5 Å². The molecule has 1 aromatic carbocycles. The maximum atomic E-state index is 9.33. The molecule has 3 aromatic rings. The molecule has 0 aliphatic heterocycles. The van der Waals surface area contributed by atoms with Crippen molar-refractivity contribution in [2.45, 2.75) is 38.0 Å². The van der Waals surface area contributed by atoms with Crippen molar-refractivity contribution in [2.75, 3.05) is 0 Å². The van der Waals surface area contributed by atoms with Crippen LogP contribution in [-0.2, 0) is 12.2 Å². The van der Waals surface area contributed by atoms with Crippen LogP contribution >= 0.6 is 11.8 Å². The second kappa shape index (κ2) is 7.49. The average Bonchev–Trinajstić information content (AvgIpc) is 3.08. The van der Waals surface area contributed by atoms with Gasteiger partial charge in [0.05, 0.1) is 11.3 Å². The molecule has 5 nitrogen and oxygen atoms in total. The van der Waals surface area contributed by atoms with Gasteiger partial charge in [-0.25, -0.2) is 4.98 Å². The van der Waals surface area contributed by atoms with E-state index in [1.54, 1.807) is 0 Å². The van der Waals surface area contributed by atoms with Gasteiger partial charge in [-0.05, 0) is 37.5 Å². The highest BCUT2D eigenvalue weighted by atomic mass is 32.2. The molecule has 0 aliphatic rings. The third-order valence-corrected chi connectivity index (χ3v) is 4.80. The predicted molar refractivity (Wildman–Crippen MR) is 97.1 cm³/mol. The van der Waals surface area contributed by atoms with Crippen LogP contribution in [0, 0.1) is 25.2 Å². The van der Waals surface area contributed by atoms with E-state index in [2.05, 4.69) is 40.3 Å². The fourth-order valence-corrected chi connectivity index (χ4v) is 3.43. The van der Waals surface area contributed by atoms with Crippen molar-refractivity contribution in [3.63, 3.8) is 0 Å². The van der Waals surface area contributed by atoms with Crippen LogP contribution in [0.4, 0.5) is 0 Å². The summed E-state index contributed by atoms with van der Waals surface area (Å²) < 4.78 is 5.34. The summed E-state index contributed by atoms with van der Waals surface area (Å²) >= 11 is 1.44. The zero-order chi connectivity index (χ0) is 17.8. The van der Waals surface area contributed by atoms with Crippen LogP contribution in [0.3, 0.4) is 0 Å². The fourth-order valence-electron chi connectivity index (χ4n) is 2.49. The molecule has 0 spiro atoms. The van der Waals surface area contributed by atoms with Crippen molar-refractivity contribution in [2.24, 2.45) is 0 Å². The van der Waals surface area contributed by atoms with Gasteiger partial charge in [0.25, 0.3) is 0 Å². The highest BCUT2D eigenvalue weighted by Crippen LogP contribution is 2.27. The second-order valence-electron chi connectivity index (χ2n) is 5.72. The zero-order valence-corrected chi connectivity index (χ0v) is 15.2. The summed E-state index contributed by atoms with van der Waals surface area (Å²) in [7, 11) is 0. The number of pyridine rings is 1. The Labute approximate surface area is 151 Å². The molecule has 126 valence electrons. The van der Waals surface area contributed by atoms with Crippen LogP contribution in [0.2, 0.25) is 0 Å². The average molecular weight is 350 g/mol. The molecule has 0 bridgehead atoms. The normalized spacial score (nSPS) is 10.6. The summed E-state index contributed by atoms with van der Waals surface area (Å²) in [4.78, 5) is 8.90. The monoisotopic (exact) mass is 350 g/mol. The molecule has 6 heteroatoms. The minimum absolute atomic E-state index is 0.477. The molecule has 0 N–H and O–H groups in total. The number of nitriles is 1. The molecule has 0 atom stereocenters. The number of thioether (sulfide) groups is 1. The fraction of sp³-hybridized carbons (Fsp3) is 0.263. The summed E-state index contributed by atoms with van der Waals surface area (Å²) in [5.41, 5.74) is 4.62. The van der Waals surface area contributed by atoms with Gasteiger partial charge in [0.1, 0.15) is 11.1 Å². The molecule has 0 amide bonds. The molecular weight excluding hydrogens is 332 g/mol. The van der Waals surface area contributed by atoms with Gasteiger partial charge in [0.15, 0.2) is 0 Å². The van der Waals surface area contributed by atoms with Gasteiger partial charge in [-0.1, -0.05) is 48.1 Å². The number of nitrogens with zero attached hydrogens (tertiary/aromatic N) is 4. The van der Waals surface area contributed by atoms with Gasteiger partial charge in [-0.2, -0.15) is 10.2 Å². The van der Waals surface area contributed by atoms with Crippen LogP contribution in [0.25, 0.3) is 11.4 Å². The van der Waals surface area contributed by atoms with Crippen LogP contribution in [0.1, 0.15) is 35.2 Å². The van der Waals surface area contributed by atoms with E-state index in [1.165, 1.54) is 17.3 Å². The number of rotatable bonds is 5. The zero-order valence-electron chi connectivity index (χ0n) is 14.4. The van der Waals surface area contributed by atoms with Crippen molar-refractivity contribution in [1.29, 1.82) is 5.26 Å². The highest BCUT2D eigenvalue weighted by molar-refractivity contribution is 7.98. The summed E-state index contributed by atoms with van der Waals surface area (Å²) in [6.45, 7) is 5.96. The Morgan fingerprint density at radius 2 is 1.92 bits per heavy atom. The topological polar surface area (TPSA) is 75.6 Å². The molecule has 0 unspecified atom stereocenters. The van der Waals surface area contributed by atoms with E-state index in [9.17, 15) is 5.26 Å².